The van der Waals surface area contributed by atoms with Gasteiger partial charge in [0.15, 0.2) is 0 Å². The van der Waals surface area contributed by atoms with E-state index in [-0.39, 0.29) is 5.97 Å². The smallest absolute Gasteiger partial charge is 0.306 e. The summed E-state index contributed by atoms with van der Waals surface area (Å²) in [6.07, 6.45) is 14.6. The normalized spacial score (nSPS) is 14.6. The van der Waals surface area contributed by atoms with Crippen molar-refractivity contribution in [2.75, 3.05) is 6.61 Å². The molecule has 0 saturated heterocycles. The SMILES string of the molecule is C/C(=C\COC(=O)CC(C)C)CCC[C@H](C)CCC[C@H](C)CCCC(C)C. The Hall–Kier alpha value is -0.790. The number of carbonyl (C=O) groups is 1. The molecule has 0 aromatic rings. The average molecular weight is 381 g/mol. The number of rotatable bonds is 16. The zero-order valence-corrected chi connectivity index (χ0v) is 19.5. The highest BCUT2D eigenvalue weighted by atomic mass is 16.5. The topological polar surface area (TPSA) is 26.3 Å². The molecule has 0 bridgehead atoms. The van der Waals surface area contributed by atoms with E-state index in [4.69, 9.17) is 4.74 Å². The minimum Gasteiger partial charge on any atom is -0.461 e. The fourth-order valence-electron chi connectivity index (χ4n) is 3.48. The predicted octanol–water partition coefficient (Wildman–Crippen LogP) is 7.96. The third kappa shape index (κ3) is 18.3. The zero-order chi connectivity index (χ0) is 20.7. The molecule has 0 rings (SSSR count). The zero-order valence-electron chi connectivity index (χ0n) is 19.5. The maximum absolute atomic E-state index is 11.5. The van der Waals surface area contributed by atoms with Crippen molar-refractivity contribution < 1.29 is 9.53 Å². The lowest BCUT2D eigenvalue weighted by Gasteiger charge is -2.15. The van der Waals surface area contributed by atoms with Gasteiger partial charge in [-0.3, -0.25) is 4.79 Å². The van der Waals surface area contributed by atoms with Gasteiger partial charge in [-0.1, -0.05) is 92.1 Å². The van der Waals surface area contributed by atoms with Crippen LogP contribution in [0.5, 0.6) is 0 Å². The van der Waals surface area contributed by atoms with E-state index in [0.717, 1.165) is 24.2 Å². The fraction of sp³-hybridized carbons (Fsp3) is 0.880. The molecule has 0 aliphatic heterocycles. The summed E-state index contributed by atoms with van der Waals surface area (Å²) in [5.41, 5.74) is 1.35. The van der Waals surface area contributed by atoms with E-state index in [9.17, 15) is 4.79 Å². The van der Waals surface area contributed by atoms with E-state index >= 15 is 0 Å². The Balaban J connectivity index is 3.70. The van der Waals surface area contributed by atoms with Gasteiger partial charge in [-0.25, -0.2) is 0 Å². The van der Waals surface area contributed by atoms with Crippen LogP contribution >= 0.6 is 0 Å². The summed E-state index contributed by atoms with van der Waals surface area (Å²) in [6, 6.07) is 0. The van der Waals surface area contributed by atoms with Crippen LogP contribution in [0.25, 0.3) is 0 Å². The van der Waals surface area contributed by atoms with Crippen LogP contribution in [-0.4, -0.2) is 12.6 Å². The Morgan fingerprint density at radius 3 is 1.81 bits per heavy atom. The van der Waals surface area contributed by atoms with Crippen LogP contribution in [0.4, 0.5) is 0 Å². The minimum atomic E-state index is -0.0823. The third-order valence-corrected chi connectivity index (χ3v) is 5.39. The lowest BCUT2D eigenvalue weighted by atomic mass is 9.91. The number of carbonyl (C=O) groups excluding carboxylic acids is 1. The summed E-state index contributed by atoms with van der Waals surface area (Å²) < 4.78 is 5.25. The maximum Gasteiger partial charge on any atom is 0.306 e. The van der Waals surface area contributed by atoms with Gasteiger partial charge in [0.05, 0.1) is 0 Å². The molecule has 0 aliphatic carbocycles. The van der Waals surface area contributed by atoms with Crippen molar-refractivity contribution in [2.45, 2.75) is 113 Å². The van der Waals surface area contributed by atoms with Crippen molar-refractivity contribution in [3.8, 4) is 0 Å². The molecule has 2 nitrogen and oxygen atoms in total. The highest BCUT2D eigenvalue weighted by molar-refractivity contribution is 5.69. The lowest BCUT2D eigenvalue weighted by Crippen LogP contribution is -2.07. The molecule has 160 valence electrons. The highest BCUT2D eigenvalue weighted by Crippen LogP contribution is 2.22. The molecule has 0 aliphatic rings. The van der Waals surface area contributed by atoms with Crippen molar-refractivity contribution in [3.63, 3.8) is 0 Å². The van der Waals surface area contributed by atoms with Crippen molar-refractivity contribution in [2.24, 2.45) is 23.7 Å². The molecule has 0 N–H and O–H groups in total. The number of allylic oxidation sites excluding steroid dienone is 1. The summed E-state index contributed by atoms with van der Waals surface area (Å²) in [7, 11) is 0. The largest absolute Gasteiger partial charge is 0.461 e. The van der Waals surface area contributed by atoms with Crippen LogP contribution in [0.15, 0.2) is 11.6 Å². The lowest BCUT2D eigenvalue weighted by molar-refractivity contribution is -0.143. The van der Waals surface area contributed by atoms with Crippen molar-refractivity contribution in [3.05, 3.63) is 11.6 Å². The second-order valence-electron chi connectivity index (χ2n) is 9.69. The van der Waals surface area contributed by atoms with Crippen LogP contribution in [0, 0.1) is 23.7 Å². The first kappa shape index (κ1) is 26.2. The van der Waals surface area contributed by atoms with E-state index in [2.05, 4.69) is 40.7 Å². The molecular weight excluding hydrogens is 332 g/mol. The molecule has 0 saturated carbocycles. The molecule has 0 radical (unpaired) electrons. The average Bonchev–Trinajstić information content (AvgIpc) is 2.53. The Morgan fingerprint density at radius 1 is 0.778 bits per heavy atom. The van der Waals surface area contributed by atoms with Gasteiger partial charge in [-0.2, -0.15) is 0 Å². The molecule has 0 spiro atoms. The van der Waals surface area contributed by atoms with Gasteiger partial charge in [-0.05, 0) is 49.5 Å². The first-order valence-electron chi connectivity index (χ1n) is 11.5. The predicted molar refractivity (Wildman–Crippen MR) is 119 cm³/mol. The van der Waals surface area contributed by atoms with Gasteiger partial charge in [0, 0.05) is 6.42 Å². The van der Waals surface area contributed by atoms with Gasteiger partial charge in [0.2, 0.25) is 0 Å². The maximum atomic E-state index is 11.5. The van der Waals surface area contributed by atoms with Crippen LogP contribution in [0.3, 0.4) is 0 Å². The number of ether oxygens (including phenoxy) is 1. The standard InChI is InChI=1S/C25H48O2/c1-20(2)11-8-12-22(5)13-9-14-23(6)15-10-16-24(7)17-18-27-25(26)19-21(3)4/h17,20-23H,8-16,18-19H2,1-7H3/b24-17+/t22-,23-/m1/s1. The number of esters is 1. The van der Waals surface area contributed by atoms with E-state index in [0.29, 0.717) is 18.9 Å². The quantitative estimate of drug-likeness (QED) is 0.200. The Kier molecular flexibility index (Phi) is 15.7. The molecule has 0 aromatic heterocycles. The van der Waals surface area contributed by atoms with Crippen molar-refractivity contribution in [1.82, 2.24) is 0 Å². The van der Waals surface area contributed by atoms with Crippen LogP contribution in [0.2, 0.25) is 0 Å². The molecule has 0 aromatic carbocycles. The van der Waals surface area contributed by atoms with Gasteiger partial charge < -0.3 is 4.74 Å². The first-order chi connectivity index (χ1) is 12.7. The van der Waals surface area contributed by atoms with E-state index < -0.39 is 0 Å². The van der Waals surface area contributed by atoms with E-state index in [1.54, 1.807) is 0 Å². The Bertz CT molecular complexity index is 395. The summed E-state index contributed by atoms with van der Waals surface area (Å²) in [5.74, 6) is 2.85. The molecule has 0 amide bonds. The Morgan fingerprint density at radius 2 is 1.30 bits per heavy atom. The van der Waals surface area contributed by atoms with Gasteiger partial charge >= 0.3 is 5.97 Å². The Labute approximate surface area is 170 Å². The van der Waals surface area contributed by atoms with Crippen molar-refractivity contribution >= 4 is 5.97 Å². The van der Waals surface area contributed by atoms with Crippen LogP contribution < -0.4 is 0 Å². The first-order valence-corrected chi connectivity index (χ1v) is 11.5. The number of hydrogen-bond donors (Lipinski definition) is 0. The van der Waals surface area contributed by atoms with E-state index in [1.807, 2.05) is 13.8 Å². The molecule has 27 heavy (non-hydrogen) atoms. The number of hydrogen-bond acceptors (Lipinski definition) is 2. The van der Waals surface area contributed by atoms with Gasteiger partial charge in [0.25, 0.3) is 0 Å². The monoisotopic (exact) mass is 380 g/mol. The minimum absolute atomic E-state index is 0.0823. The second kappa shape index (κ2) is 16.2. The fourth-order valence-corrected chi connectivity index (χ4v) is 3.48. The second-order valence-corrected chi connectivity index (χ2v) is 9.69. The molecular formula is C25H48O2. The molecule has 2 atom stereocenters. The molecule has 0 fully saturated rings. The summed E-state index contributed by atoms with van der Waals surface area (Å²) in [5, 5.41) is 0. The van der Waals surface area contributed by atoms with E-state index in [1.165, 1.54) is 56.9 Å². The third-order valence-electron chi connectivity index (χ3n) is 5.39. The molecule has 0 unspecified atom stereocenters. The van der Waals surface area contributed by atoms with Gasteiger partial charge in [0.1, 0.15) is 6.61 Å². The molecule has 0 heterocycles. The van der Waals surface area contributed by atoms with Crippen LogP contribution in [-0.2, 0) is 9.53 Å². The van der Waals surface area contributed by atoms with Crippen LogP contribution in [0.1, 0.15) is 113 Å². The summed E-state index contributed by atoms with van der Waals surface area (Å²) >= 11 is 0. The van der Waals surface area contributed by atoms with Gasteiger partial charge in [-0.15, -0.1) is 0 Å². The summed E-state index contributed by atoms with van der Waals surface area (Å²) in [6.45, 7) is 16.1. The van der Waals surface area contributed by atoms with Crippen molar-refractivity contribution in [1.29, 1.82) is 0 Å². The molecule has 2 heteroatoms. The highest BCUT2D eigenvalue weighted by Gasteiger charge is 2.07. The summed E-state index contributed by atoms with van der Waals surface area (Å²) in [4.78, 5) is 11.5.